The zero-order valence-corrected chi connectivity index (χ0v) is 7.90. The highest BCUT2D eigenvalue weighted by Gasteiger charge is 2.36. The Morgan fingerprint density at radius 3 is 2.87 bits per heavy atom. The average molecular weight is 202 g/mol. The first-order valence-corrected chi connectivity index (χ1v) is 4.83. The van der Waals surface area contributed by atoms with Crippen molar-refractivity contribution >= 4 is 11.7 Å². The lowest BCUT2D eigenvalue weighted by Gasteiger charge is -2.10. The Labute approximate surface area is 86.6 Å². The molecule has 2 heterocycles. The molecule has 0 aliphatic carbocycles. The fourth-order valence-electron chi connectivity index (χ4n) is 2.19. The van der Waals surface area contributed by atoms with Crippen molar-refractivity contribution < 1.29 is 9.90 Å². The Hall–Kier alpha value is -1.97. The molecule has 0 radical (unpaired) electrons. The van der Waals surface area contributed by atoms with Crippen LogP contribution in [-0.4, -0.2) is 17.1 Å². The van der Waals surface area contributed by atoms with Gasteiger partial charge in [-0.15, -0.1) is 0 Å². The van der Waals surface area contributed by atoms with E-state index in [0.717, 1.165) is 11.3 Å². The molecule has 2 aliphatic heterocycles. The monoisotopic (exact) mass is 202 g/mol. The van der Waals surface area contributed by atoms with E-state index in [1.807, 2.05) is 24.3 Å². The molecule has 76 valence electrons. The predicted octanol–water partition coefficient (Wildman–Crippen LogP) is 1.09. The van der Waals surface area contributed by atoms with Gasteiger partial charge in [0.15, 0.2) is 0 Å². The molecule has 1 aromatic rings. The summed E-state index contributed by atoms with van der Waals surface area (Å²) in [4.78, 5) is 10.8. The average Bonchev–Trinajstić information content (AvgIpc) is 2.73. The molecule has 3 N–H and O–H groups in total. The van der Waals surface area contributed by atoms with Crippen molar-refractivity contribution in [1.29, 1.82) is 0 Å². The van der Waals surface area contributed by atoms with Crippen molar-refractivity contribution in [2.75, 3.05) is 5.32 Å². The molecular formula is C11H10N2O2. The lowest BCUT2D eigenvalue weighted by atomic mass is 10.1. The van der Waals surface area contributed by atoms with Crippen molar-refractivity contribution in [2.45, 2.75) is 12.1 Å². The van der Waals surface area contributed by atoms with Gasteiger partial charge >= 0.3 is 5.97 Å². The van der Waals surface area contributed by atoms with E-state index in [1.165, 1.54) is 0 Å². The Kier molecular flexibility index (Phi) is 1.54. The second kappa shape index (κ2) is 2.76. The van der Waals surface area contributed by atoms with Crippen LogP contribution in [-0.2, 0) is 4.79 Å². The number of rotatable bonds is 1. The zero-order chi connectivity index (χ0) is 10.4. The lowest BCUT2D eigenvalue weighted by molar-refractivity contribution is -0.133. The number of carbonyl (C=O) groups is 1. The van der Waals surface area contributed by atoms with Crippen LogP contribution in [0.2, 0.25) is 0 Å². The number of fused-ring (bicyclic) bond motifs is 3. The quantitative estimate of drug-likeness (QED) is 0.638. The van der Waals surface area contributed by atoms with Crippen molar-refractivity contribution in [1.82, 2.24) is 5.32 Å². The van der Waals surface area contributed by atoms with E-state index in [9.17, 15) is 4.79 Å². The van der Waals surface area contributed by atoms with Gasteiger partial charge in [0.25, 0.3) is 0 Å². The van der Waals surface area contributed by atoms with Crippen LogP contribution in [0.1, 0.15) is 11.6 Å². The summed E-state index contributed by atoms with van der Waals surface area (Å²) < 4.78 is 0. The second-order valence-electron chi connectivity index (χ2n) is 3.76. The van der Waals surface area contributed by atoms with Gasteiger partial charge in [0.1, 0.15) is 5.70 Å². The minimum Gasteiger partial charge on any atom is -0.477 e. The summed E-state index contributed by atoms with van der Waals surface area (Å²) in [6, 6.07) is 8.07. The van der Waals surface area contributed by atoms with E-state index < -0.39 is 5.97 Å². The third-order valence-electron chi connectivity index (χ3n) is 2.86. The molecule has 0 saturated carbocycles. The summed E-state index contributed by atoms with van der Waals surface area (Å²) in [6.45, 7) is 0. The molecular weight excluding hydrogens is 192 g/mol. The summed E-state index contributed by atoms with van der Waals surface area (Å²) in [5.74, 6) is -0.899. The maximum atomic E-state index is 10.8. The Morgan fingerprint density at radius 2 is 2.07 bits per heavy atom. The van der Waals surface area contributed by atoms with E-state index in [2.05, 4.69) is 10.6 Å². The molecule has 0 bridgehead atoms. The number of hydrogen-bond acceptors (Lipinski definition) is 3. The first kappa shape index (κ1) is 8.35. The SMILES string of the molecule is O=C(O)C1=CC2Nc3ccccc3C2N1. The maximum Gasteiger partial charge on any atom is 0.351 e. The van der Waals surface area contributed by atoms with Crippen LogP contribution in [0.25, 0.3) is 0 Å². The molecule has 0 saturated heterocycles. The van der Waals surface area contributed by atoms with E-state index in [-0.39, 0.29) is 17.8 Å². The summed E-state index contributed by atoms with van der Waals surface area (Å²) in [6.07, 6.45) is 1.73. The van der Waals surface area contributed by atoms with Crippen molar-refractivity contribution in [3.63, 3.8) is 0 Å². The van der Waals surface area contributed by atoms with Crippen LogP contribution >= 0.6 is 0 Å². The maximum absolute atomic E-state index is 10.8. The number of nitrogens with one attached hydrogen (secondary N) is 2. The normalized spacial score (nSPS) is 26.0. The highest BCUT2D eigenvalue weighted by molar-refractivity contribution is 5.87. The number of hydrogen-bond donors (Lipinski definition) is 3. The fraction of sp³-hybridized carbons (Fsp3) is 0.182. The number of carboxylic acid groups (broad SMARTS) is 1. The van der Waals surface area contributed by atoms with Gasteiger partial charge in [-0.25, -0.2) is 4.79 Å². The molecule has 4 heteroatoms. The topological polar surface area (TPSA) is 61.4 Å². The molecule has 0 spiro atoms. The minimum atomic E-state index is -0.899. The summed E-state index contributed by atoms with van der Waals surface area (Å²) in [5.41, 5.74) is 2.50. The molecule has 0 fully saturated rings. The van der Waals surface area contributed by atoms with E-state index >= 15 is 0 Å². The smallest absolute Gasteiger partial charge is 0.351 e. The van der Waals surface area contributed by atoms with Gasteiger partial charge in [-0.2, -0.15) is 0 Å². The van der Waals surface area contributed by atoms with Crippen LogP contribution in [0.3, 0.4) is 0 Å². The number of carboxylic acids is 1. The molecule has 2 unspecified atom stereocenters. The van der Waals surface area contributed by atoms with Gasteiger partial charge < -0.3 is 15.7 Å². The van der Waals surface area contributed by atoms with Crippen molar-refractivity contribution in [2.24, 2.45) is 0 Å². The van der Waals surface area contributed by atoms with Gasteiger partial charge in [-0.1, -0.05) is 18.2 Å². The van der Waals surface area contributed by atoms with Crippen LogP contribution < -0.4 is 10.6 Å². The van der Waals surface area contributed by atoms with Gasteiger partial charge in [-0.05, 0) is 17.7 Å². The highest BCUT2D eigenvalue weighted by Crippen LogP contribution is 2.38. The minimum absolute atomic E-state index is 0.0623. The largest absolute Gasteiger partial charge is 0.477 e. The number of aliphatic carboxylic acids is 1. The van der Waals surface area contributed by atoms with Gasteiger partial charge in [0.05, 0.1) is 12.1 Å². The molecule has 15 heavy (non-hydrogen) atoms. The van der Waals surface area contributed by atoms with Crippen molar-refractivity contribution in [3.05, 3.63) is 41.6 Å². The summed E-state index contributed by atoms with van der Waals surface area (Å²) in [7, 11) is 0. The number of para-hydroxylation sites is 1. The molecule has 0 aromatic heterocycles. The molecule has 2 atom stereocenters. The predicted molar refractivity (Wildman–Crippen MR) is 55.4 cm³/mol. The van der Waals surface area contributed by atoms with Crippen LogP contribution in [0.4, 0.5) is 5.69 Å². The summed E-state index contributed by atoms with van der Waals surface area (Å²) in [5, 5.41) is 15.1. The summed E-state index contributed by atoms with van der Waals surface area (Å²) >= 11 is 0. The molecule has 4 nitrogen and oxygen atoms in total. The third-order valence-corrected chi connectivity index (χ3v) is 2.86. The molecule has 0 amide bonds. The Bertz CT molecular complexity index is 467. The molecule has 2 aliphatic rings. The van der Waals surface area contributed by atoms with Crippen molar-refractivity contribution in [3.8, 4) is 0 Å². The van der Waals surface area contributed by atoms with E-state index in [1.54, 1.807) is 6.08 Å². The highest BCUT2D eigenvalue weighted by atomic mass is 16.4. The first-order valence-electron chi connectivity index (χ1n) is 4.83. The van der Waals surface area contributed by atoms with Gasteiger partial charge in [0, 0.05) is 5.69 Å². The second-order valence-corrected chi connectivity index (χ2v) is 3.76. The van der Waals surface area contributed by atoms with Gasteiger partial charge in [0.2, 0.25) is 0 Å². The molecule has 3 rings (SSSR count). The molecule has 1 aromatic carbocycles. The Morgan fingerprint density at radius 1 is 1.27 bits per heavy atom. The lowest BCUT2D eigenvalue weighted by Crippen LogP contribution is -2.23. The fourth-order valence-corrected chi connectivity index (χ4v) is 2.19. The number of anilines is 1. The van der Waals surface area contributed by atoms with Crippen LogP contribution in [0.5, 0.6) is 0 Å². The van der Waals surface area contributed by atoms with E-state index in [0.29, 0.717) is 0 Å². The number of benzene rings is 1. The zero-order valence-electron chi connectivity index (χ0n) is 7.90. The standard InChI is InChI=1S/C11H10N2O2/c14-11(15)9-5-8-10(13-9)6-3-1-2-4-7(6)12-8/h1-5,8,10,12-13H,(H,14,15). The van der Waals surface area contributed by atoms with Gasteiger partial charge in [-0.3, -0.25) is 0 Å². The third kappa shape index (κ3) is 1.11. The first-order chi connectivity index (χ1) is 7.25. The van der Waals surface area contributed by atoms with E-state index in [4.69, 9.17) is 5.11 Å². The Balaban J connectivity index is 1.96. The van der Waals surface area contributed by atoms with Crippen LogP contribution in [0, 0.1) is 0 Å². The van der Waals surface area contributed by atoms with Crippen LogP contribution in [0.15, 0.2) is 36.0 Å².